The van der Waals surface area contributed by atoms with Crippen molar-refractivity contribution in [1.82, 2.24) is 4.90 Å². The van der Waals surface area contributed by atoms with Crippen LogP contribution in [-0.2, 0) is 15.0 Å². The largest absolute Gasteiger partial charge is 0.492 e. The van der Waals surface area contributed by atoms with Gasteiger partial charge in [-0.1, -0.05) is 59.2 Å². The molecule has 1 aromatic rings. The minimum Gasteiger partial charge on any atom is -0.492 e. The van der Waals surface area contributed by atoms with Gasteiger partial charge in [0.1, 0.15) is 5.75 Å². The van der Waals surface area contributed by atoms with Gasteiger partial charge in [0.05, 0.1) is 18.1 Å². The highest BCUT2D eigenvalue weighted by molar-refractivity contribution is 6.32. The van der Waals surface area contributed by atoms with Crippen LogP contribution in [0.5, 0.6) is 5.75 Å². The fourth-order valence-corrected chi connectivity index (χ4v) is 4.01. The molecule has 5 nitrogen and oxygen atoms in total. The Hall–Kier alpha value is -2.01. The predicted octanol–water partition coefficient (Wildman–Crippen LogP) is 5.66. The van der Waals surface area contributed by atoms with E-state index in [9.17, 15) is 9.59 Å². The molecule has 30 heavy (non-hydrogen) atoms. The summed E-state index contributed by atoms with van der Waals surface area (Å²) in [6, 6.07) is 5.75. The van der Waals surface area contributed by atoms with Crippen molar-refractivity contribution >= 4 is 23.5 Å². The molecular formula is C24H34ClNO4. The minimum atomic E-state index is -0.913. The normalized spacial score (nSPS) is 19.8. The molecule has 0 saturated carbocycles. The Kier molecular flexibility index (Phi) is 7.62. The number of benzene rings is 1. The third-order valence-electron chi connectivity index (χ3n) is 5.62. The number of carbonyl (C=O) groups excluding carboxylic acids is 1. The summed E-state index contributed by atoms with van der Waals surface area (Å²) in [4.78, 5) is 25.2. The first kappa shape index (κ1) is 24.3. The molecule has 0 aromatic heterocycles. The molecular weight excluding hydrogens is 402 g/mol. The first-order valence-corrected chi connectivity index (χ1v) is 10.9. The van der Waals surface area contributed by atoms with Gasteiger partial charge in [0, 0.05) is 24.6 Å². The van der Waals surface area contributed by atoms with Crippen molar-refractivity contribution in [3.63, 3.8) is 0 Å². The highest BCUT2D eigenvalue weighted by Crippen LogP contribution is 2.44. The zero-order valence-electron chi connectivity index (χ0n) is 18.9. The SMILES string of the molecule is CC(C)C1=CN(CCC(=O)O)C(=O)C[C@@]1(C)c1ccc(OCCC(C)(C)C)c(Cl)c1. The zero-order chi connectivity index (χ0) is 22.7. The summed E-state index contributed by atoms with van der Waals surface area (Å²) in [7, 11) is 0. The maximum atomic E-state index is 12.8. The van der Waals surface area contributed by atoms with Crippen molar-refractivity contribution in [2.45, 2.75) is 66.2 Å². The summed E-state index contributed by atoms with van der Waals surface area (Å²) in [5, 5.41) is 9.50. The molecule has 2 rings (SSSR count). The van der Waals surface area contributed by atoms with Crippen LogP contribution in [0.1, 0.15) is 66.4 Å². The number of hydrogen-bond acceptors (Lipinski definition) is 3. The third-order valence-corrected chi connectivity index (χ3v) is 5.92. The highest BCUT2D eigenvalue weighted by atomic mass is 35.5. The highest BCUT2D eigenvalue weighted by Gasteiger charge is 2.40. The molecule has 1 N–H and O–H groups in total. The average molecular weight is 436 g/mol. The zero-order valence-corrected chi connectivity index (χ0v) is 19.7. The fourth-order valence-electron chi connectivity index (χ4n) is 3.78. The summed E-state index contributed by atoms with van der Waals surface area (Å²) in [5.41, 5.74) is 1.73. The standard InChI is InChI=1S/C24H34ClNO4/c1-16(2)18-15-26(11-9-22(28)29)21(27)14-24(18,6)17-7-8-20(19(25)13-17)30-12-10-23(3,4)5/h7-8,13,15-16H,9-12,14H2,1-6H3,(H,28,29)/t24-/m0/s1. The second-order valence-corrected chi connectivity index (χ2v) is 10.2. The van der Waals surface area contributed by atoms with Crippen LogP contribution in [0, 0.1) is 11.3 Å². The van der Waals surface area contributed by atoms with Gasteiger partial charge in [-0.3, -0.25) is 9.59 Å². The maximum Gasteiger partial charge on any atom is 0.305 e. The number of ether oxygens (including phenoxy) is 1. The monoisotopic (exact) mass is 435 g/mol. The number of amides is 1. The lowest BCUT2D eigenvalue weighted by Crippen LogP contribution is -2.42. The summed E-state index contributed by atoms with van der Waals surface area (Å²) in [6.45, 7) is 13.5. The minimum absolute atomic E-state index is 0.0727. The van der Waals surface area contributed by atoms with Gasteiger partial charge in [-0.25, -0.2) is 0 Å². The summed E-state index contributed by atoms with van der Waals surface area (Å²) < 4.78 is 5.88. The summed E-state index contributed by atoms with van der Waals surface area (Å²) in [6.07, 6.45) is 2.96. The van der Waals surface area contributed by atoms with Crippen LogP contribution in [0.15, 0.2) is 30.0 Å². The van der Waals surface area contributed by atoms with Gasteiger partial charge in [-0.2, -0.15) is 0 Å². The van der Waals surface area contributed by atoms with Gasteiger partial charge in [-0.15, -0.1) is 0 Å². The fraction of sp³-hybridized carbons (Fsp3) is 0.583. The molecule has 1 amide bonds. The second kappa shape index (κ2) is 9.42. The number of carboxylic acids is 1. The quantitative estimate of drug-likeness (QED) is 0.572. The Morgan fingerprint density at radius 1 is 1.33 bits per heavy atom. The smallest absolute Gasteiger partial charge is 0.305 e. The Morgan fingerprint density at radius 2 is 2.00 bits per heavy atom. The topological polar surface area (TPSA) is 66.8 Å². The van der Waals surface area contributed by atoms with Crippen LogP contribution in [-0.4, -0.2) is 35.0 Å². The number of hydrogen-bond donors (Lipinski definition) is 1. The Morgan fingerprint density at radius 3 is 2.53 bits per heavy atom. The Bertz CT molecular complexity index is 825. The molecule has 0 saturated heterocycles. The van der Waals surface area contributed by atoms with Gasteiger partial charge < -0.3 is 14.7 Å². The number of carboxylic acid groups (broad SMARTS) is 1. The van der Waals surface area contributed by atoms with Crippen molar-refractivity contribution in [1.29, 1.82) is 0 Å². The lowest BCUT2D eigenvalue weighted by atomic mass is 9.68. The number of allylic oxidation sites excluding steroid dienone is 1. The average Bonchev–Trinajstić information content (AvgIpc) is 2.60. The Labute approximate surface area is 185 Å². The maximum absolute atomic E-state index is 12.8. The van der Waals surface area contributed by atoms with Crippen molar-refractivity contribution in [2.75, 3.05) is 13.2 Å². The first-order chi connectivity index (χ1) is 13.8. The molecule has 166 valence electrons. The van der Waals surface area contributed by atoms with Crippen molar-refractivity contribution in [2.24, 2.45) is 11.3 Å². The van der Waals surface area contributed by atoms with E-state index in [4.69, 9.17) is 21.4 Å². The number of carbonyl (C=O) groups is 2. The van der Waals surface area contributed by atoms with Crippen LogP contribution in [0.3, 0.4) is 0 Å². The molecule has 0 unspecified atom stereocenters. The van der Waals surface area contributed by atoms with Crippen molar-refractivity contribution < 1.29 is 19.4 Å². The molecule has 1 aromatic carbocycles. The third kappa shape index (κ3) is 6.00. The van der Waals surface area contributed by atoms with E-state index in [0.29, 0.717) is 17.4 Å². The lowest BCUT2D eigenvalue weighted by Gasteiger charge is -2.41. The van der Waals surface area contributed by atoms with Crippen LogP contribution < -0.4 is 4.74 Å². The summed E-state index contributed by atoms with van der Waals surface area (Å²) >= 11 is 6.53. The van der Waals surface area contributed by atoms with Crippen molar-refractivity contribution in [3.05, 3.63) is 40.6 Å². The van der Waals surface area contributed by atoms with Gasteiger partial charge in [-0.05, 0) is 41.0 Å². The van der Waals surface area contributed by atoms with E-state index in [1.165, 1.54) is 4.90 Å². The first-order valence-electron chi connectivity index (χ1n) is 10.5. The molecule has 1 heterocycles. The van der Waals surface area contributed by atoms with Crippen LogP contribution >= 0.6 is 11.6 Å². The van der Waals surface area contributed by atoms with Gasteiger partial charge in [0.15, 0.2) is 0 Å². The van der Waals surface area contributed by atoms with E-state index < -0.39 is 11.4 Å². The van der Waals surface area contributed by atoms with Crippen LogP contribution in [0.25, 0.3) is 0 Å². The van der Waals surface area contributed by atoms with E-state index in [2.05, 4.69) is 41.5 Å². The molecule has 1 atom stereocenters. The van der Waals surface area contributed by atoms with E-state index in [-0.39, 0.29) is 36.6 Å². The summed E-state index contributed by atoms with van der Waals surface area (Å²) in [5.74, 6) is -0.153. The number of nitrogens with zero attached hydrogens (tertiary/aromatic N) is 1. The predicted molar refractivity (Wildman–Crippen MR) is 120 cm³/mol. The molecule has 0 bridgehead atoms. The molecule has 0 spiro atoms. The van der Waals surface area contributed by atoms with Gasteiger partial charge in [0.25, 0.3) is 0 Å². The van der Waals surface area contributed by atoms with Gasteiger partial charge >= 0.3 is 5.97 Å². The number of rotatable bonds is 8. The van der Waals surface area contributed by atoms with E-state index in [1.807, 2.05) is 24.4 Å². The number of halogens is 1. The molecule has 1 aliphatic rings. The number of aliphatic carboxylic acids is 1. The molecule has 1 aliphatic heterocycles. The molecule has 0 aliphatic carbocycles. The second-order valence-electron chi connectivity index (χ2n) is 9.78. The lowest BCUT2D eigenvalue weighted by molar-refractivity contribution is -0.138. The Balaban J connectivity index is 2.29. The van der Waals surface area contributed by atoms with Gasteiger partial charge in [0.2, 0.25) is 5.91 Å². The molecule has 0 radical (unpaired) electrons. The van der Waals surface area contributed by atoms with E-state index >= 15 is 0 Å². The molecule has 6 heteroatoms. The van der Waals surface area contributed by atoms with Crippen LogP contribution in [0.2, 0.25) is 5.02 Å². The molecule has 0 fully saturated rings. The van der Waals surface area contributed by atoms with Crippen molar-refractivity contribution in [3.8, 4) is 5.75 Å². The van der Waals surface area contributed by atoms with E-state index in [0.717, 1.165) is 17.6 Å². The van der Waals surface area contributed by atoms with Crippen LogP contribution in [0.4, 0.5) is 0 Å². The van der Waals surface area contributed by atoms with E-state index in [1.54, 1.807) is 0 Å².